The van der Waals surface area contributed by atoms with Crippen LogP contribution in [0.4, 0.5) is 21.5 Å². The fourth-order valence-corrected chi connectivity index (χ4v) is 3.40. The van der Waals surface area contributed by atoms with Crippen LogP contribution in [-0.4, -0.2) is 30.0 Å². The third-order valence-corrected chi connectivity index (χ3v) is 5.04. The molecule has 31 heavy (non-hydrogen) atoms. The van der Waals surface area contributed by atoms with Crippen LogP contribution >= 0.6 is 0 Å². The molecule has 0 spiro atoms. The molecule has 1 amide bonds. The molecule has 1 unspecified atom stereocenters. The first kappa shape index (κ1) is 22.0. The van der Waals surface area contributed by atoms with Crippen molar-refractivity contribution in [2.24, 2.45) is 0 Å². The SMILES string of the molecule is CCC(Nc1c(Nc2cccc(C(=O)N(C)C)c2O)c(=O)c1=O)c1cc(C)cc(F)c1. The van der Waals surface area contributed by atoms with Crippen molar-refractivity contribution in [2.45, 2.75) is 26.3 Å². The minimum absolute atomic E-state index is 0.0127. The molecular formula is C23H24FN3O4. The monoisotopic (exact) mass is 425 g/mol. The highest BCUT2D eigenvalue weighted by atomic mass is 19.1. The maximum Gasteiger partial charge on any atom is 0.257 e. The summed E-state index contributed by atoms with van der Waals surface area (Å²) in [5, 5.41) is 16.3. The zero-order chi connectivity index (χ0) is 22.9. The molecule has 162 valence electrons. The fourth-order valence-electron chi connectivity index (χ4n) is 3.40. The lowest BCUT2D eigenvalue weighted by Gasteiger charge is -2.23. The first-order chi connectivity index (χ1) is 14.6. The van der Waals surface area contributed by atoms with Crippen molar-refractivity contribution in [1.82, 2.24) is 4.90 Å². The number of rotatable bonds is 7. The number of phenolic OH excluding ortho intramolecular Hbond substituents is 1. The van der Waals surface area contributed by atoms with Gasteiger partial charge in [0, 0.05) is 14.1 Å². The number of benzene rings is 2. The van der Waals surface area contributed by atoms with Crippen LogP contribution in [0.1, 0.15) is 40.9 Å². The first-order valence-electron chi connectivity index (χ1n) is 9.81. The number of carbonyl (C=O) groups is 1. The molecule has 3 aromatic carbocycles. The van der Waals surface area contributed by atoms with E-state index in [1.54, 1.807) is 27.1 Å². The van der Waals surface area contributed by atoms with E-state index in [1.165, 1.54) is 29.2 Å². The molecule has 8 heteroatoms. The summed E-state index contributed by atoms with van der Waals surface area (Å²) in [5.41, 5.74) is 0.183. The van der Waals surface area contributed by atoms with Gasteiger partial charge in [0.05, 0.1) is 17.3 Å². The van der Waals surface area contributed by atoms with Crippen LogP contribution in [0.3, 0.4) is 0 Å². The largest absolute Gasteiger partial charge is 0.505 e. The number of carbonyl (C=O) groups excluding carboxylic acids is 1. The van der Waals surface area contributed by atoms with Gasteiger partial charge in [0.15, 0.2) is 5.75 Å². The summed E-state index contributed by atoms with van der Waals surface area (Å²) >= 11 is 0. The summed E-state index contributed by atoms with van der Waals surface area (Å²) < 4.78 is 13.8. The number of phenols is 1. The lowest BCUT2D eigenvalue weighted by molar-refractivity contribution is 0.0824. The Kier molecular flexibility index (Phi) is 6.10. The summed E-state index contributed by atoms with van der Waals surface area (Å²) in [5.74, 6) is -1.11. The highest BCUT2D eigenvalue weighted by Crippen LogP contribution is 2.33. The molecule has 0 aliphatic carbocycles. The summed E-state index contributed by atoms with van der Waals surface area (Å²) in [6, 6.07) is 8.72. The van der Waals surface area contributed by atoms with Crippen molar-refractivity contribution in [3.63, 3.8) is 0 Å². The van der Waals surface area contributed by atoms with Crippen LogP contribution in [0, 0.1) is 12.7 Å². The fraction of sp³-hybridized carbons (Fsp3) is 0.261. The minimum atomic E-state index is -0.739. The van der Waals surface area contributed by atoms with Gasteiger partial charge in [-0.25, -0.2) is 4.39 Å². The van der Waals surface area contributed by atoms with Gasteiger partial charge in [0.1, 0.15) is 17.2 Å². The molecule has 0 heterocycles. The standard InChI is InChI=1S/C23H24FN3O4/c1-5-16(13-9-12(2)10-14(24)11-13)25-18-19(22(30)21(18)29)26-17-8-6-7-15(20(17)28)23(31)27(3)4/h6-11,16,25-26,28H,5H2,1-4H3. The van der Waals surface area contributed by atoms with E-state index in [1.807, 2.05) is 13.0 Å². The quantitative estimate of drug-likeness (QED) is 0.396. The zero-order valence-corrected chi connectivity index (χ0v) is 17.7. The lowest BCUT2D eigenvalue weighted by atomic mass is 10.0. The third kappa shape index (κ3) is 4.28. The van der Waals surface area contributed by atoms with Gasteiger partial charge in [-0.2, -0.15) is 0 Å². The van der Waals surface area contributed by atoms with Crippen molar-refractivity contribution in [3.05, 3.63) is 79.4 Å². The van der Waals surface area contributed by atoms with Crippen molar-refractivity contribution >= 4 is 23.0 Å². The lowest BCUT2D eigenvalue weighted by Crippen LogP contribution is -2.37. The normalized spacial score (nSPS) is 11.9. The van der Waals surface area contributed by atoms with Crippen LogP contribution in [0.25, 0.3) is 0 Å². The van der Waals surface area contributed by atoms with Gasteiger partial charge in [-0.15, -0.1) is 0 Å². The average Bonchev–Trinajstić information content (AvgIpc) is 2.72. The first-order valence-corrected chi connectivity index (χ1v) is 9.81. The molecule has 0 radical (unpaired) electrons. The molecule has 3 rings (SSSR count). The number of hydrogen-bond donors (Lipinski definition) is 3. The van der Waals surface area contributed by atoms with Gasteiger partial charge >= 0.3 is 0 Å². The smallest absolute Gasteiger partial charge is 0.257 e. The van der Waals surface area contributed by atoms with E-state index in [-0.39, 0.29) is 34.2 Å². The van der Waals surface area contributed by atoms with E-state index in [0.29, 0.717) is 12.0 Å². The number of para-hydroxylation sites is 1. The molecule has 1 atom stereocenters. The van der Waals surface area contributed by atoms with Crippen LogP contribution in [0.5, 0.6) is 5.75 Å². The maximum absolute atomic E-state index is 13.8. The number of hydrogen-bond acceptors (Lipinski definition) is 6. The number of aryl methyl sites for hydroxylation is 1. The molecule has 7 nitrogen and oxygen atoms in total. The van der Waals surface area contributed by atoms with Crippen molar-refractivity contribution in [3.8, 4) is 5.75 Å². The number of nitrogens with one attached hydrogen (secondary N) is 2. The number of aromatic hydroxyl groups is 1. The van der Waals surface area contributed by atoms with Crippen LogP contribution in [-0.2, 0) is 0 Å². The second-order valence-corrected chi connectivity index (χ2v) is 7.60. The van der Waals surface area contributed by atoms with E-state index in [2.05, 4.69) is 10.6 Å². The minimum Gasteiger partial charge on any atom is -0.505 e. The molecular weight excluding hydrogens is 401 g/mol. The zero-order valence-electron chi connectivity index (χ0n) is 17.7. The van der Waals surface area contributed by atoms with Gasteiger partial charge in [-0.05, 0) is 48.7 Å². The van der Waals surface area contributed by atoms with Crippen molar-refractivity contribution in [2.75, 3.05) is 24.7 Å². The number of nitrogens with zero attached hydrogens (tertiary/aromatic N) is 1. The second-order valence-electron chi connectivity index (χ2n) is 7.60. The van der Waals surface area contributed by atoms with Gasteiger partial charge in [-0.1, -0.05) is 19.1 Å². The van der Waals surface area contributed by atoms with Crippen molar-refractivity contribution in [1.29, 1.82) is 0 Å². The maximum atomic E-state index is 13.8. The van der Waals surface area contributed by atoms with Gasteiger partial charge in [0.2, 0.25) is 0 Å². The highest BCUT2D eigenvalue weighted by Gasteiger charge is 2.25. The molecule has 0 saturated carbocycles. The Hall–Kier alpha value is -3.68. The van der Waals surface area contributed by atoms with E-state index >= 15 is 0 Å². The summed E-state index contributed by atoms with van der Waals surface area (Å²) in [6.07, 6.45) is 0.541. The molecule has 0 aromatic heterocycles. The topological polar surface area (TPSA) is 98.7 Å². The molecule has 3 aromatic rings. The number of anilines is 3. The Balaban J connectivity index is 1.92. The van der Waals surface area contributed by atoms with Crippen molar-refractivity contribution < 1.29 is 14.3 Å². The Labute approximate surface area is 178 Å². The third-order valence-electron chi connectivity index (χ3n) is 5.04. The highest BCUT2D eigenvalue weighted by molar-refractivity contribution is 5.99. The Morgan fingerprint density at radius 1 is 1.13 bits per heavy atom. The molecule has 3 N–H and O–H groups in total. The summed E-state index contributed by atoms with van der Waals surface area (Å²) in [4.78, 5) is 38.0. The average molecular weight is 425 g/mol. The Morgan fingerprint density at radius 2 is 1.81 bits per heavy atom. The van der Waals surface area contributed by atoms with E-state index in [0.717, 1.165) is 5.56 Å². The Bertz CT molecular complexity index is 1190. The van der Waals surface area contributed by atoms with Crippen LogP contribution in [0.15, 0.2) is 46.0 Å². The summed E-state index contributed by atoms with van der Waals surface area (Å²) in [6.45, 7) is 3.65. The predicted octanol–water partition coefficient (Wildman–Crippen LogP) is 3.44. The van der Waals surface area contributed by atoms with Gasteiger partial charge in [0.25, 0.3) is 16.8 Å². The van der Waals surface area contributed by atoms with E-state index < -0.39 is 22.8 Å². The molecule has 0 aliphatic rings. The number of amides is 1. The van der Waals surface area contributed by atoms with Gasteiger partial charge < -0.3 is 20.6 Å². The molecule has 0 fully saturated rings. The second kappa shape index (κ2) is 8.59. The number of halogens is 1. The predicted molar refractivity (Wildman–Crippen MR) is 119 cm³/mol. The van der Waals surface area contributed by atoms with Crippen LogP contribution in [0.2, 0.25) is 0 Å². The molecule has 0 saturated heterocycles. The van der Waals surface area contributed by atoms with Crippen LogP contribution < -0.4 is 21.5 Å². The van der Waals surface area contributed by atoms with Gasteiger partial charge in [-0.3, -0.25) is 14.4 Å². The Morgan fingerprint density at radius 3 is 2.42 bits per heavy atom. The van der Waals surface area contributed by atoms with E-state index in [4.69, 9.17) is 0 Å². The molecule has 0 aliphatic heterocycles. The molecule has 0 bridgehead atoms. The summed E-state index contributed by atoms with van der Waals surface area (Å²) in [7, 11) is 3.11. The van der Waals surface area contributed by atoms with E-state index in [9.17, 15) is 23.9 Å².